The van der Waals surface area contributed by atoms with Crippen molar-refractivity contribution in [3.8, 4) is 5.75 Å². The molecule has 1 fully saturated rings. The predicted molar refractivity (Wildman–Crippen MR) is 107 cm³/mol. The Morgan fingerprint density at radius 3 is 2.50 bits per heavy atom. The van der Waals surface area contributed by atoms with Gasteiger partial charge >= 0.3 is 11.8 Å². The highest BCUT2D eigenvalue weighted by molar-refractivity contribution is 7.08. The fourth-order valence-corrected chi connectivity index (χ4v) is 3.79. The summed E-state index contributed by atoms with van der Waals surface area (Å²) in [5, 5.41) is 9.52. The van der Waals surface area contributed by atoms with Crippen LogP contribution in [0, 0.1) is 0 Å². The van der Waals surface area contributed by atoms with Gasteiger partial charge in [0.1, 0.15) is 5.75 Å². The first-order valence-corrected chi connectivity index (χ1v) is 10.1. The Morgan fingerprint density at radius 2 is 1.86 bits per heavy atom. The number of rotatable bonds is 7. The first-order valence-electron chi connectivity index (χ1n) is 9.20. The maximum Gasteiger partial charge on any atom is 0.309 e. The molecule has 0 saturated carbocycles. The number of morpholine rings is 1. The molecule has 150 valence electrons. The van der Waals surface area contributed by atoms with E-state index in [0.717, 1.165) is 30.0 Å². The molecule has 7 nitrogen and oxygen atoms in total. The fraction of sp³-hybridized carbons (Fsp3) is 0.400. The Bertz CT molecular complexity index is 758. The summed E-state index contributed by atoms with van der Waals surface area (Å²) < 4.78 is 10.5. The lowest BCUT2D eigenvalue weighted by Crippen LogP contribution is -2.46. The number of methoxy groups -OCH3 is 1. The average molecular weight is 404 g/mol. The highest BCUT2D eigenvalue weighted by Gasteiger charge is 2.24. The Labute approximate surface area is 168 Å². The maximum absolute atomic E-state index is 12.2. The number of thiophene rings is 1. The maximum atomic E-state index is 12.2. The lowest BCUT2D eigenvalue weighted by molar-refractivity contribution is -0.139. The molecule has 2 heterocycles. The van der Waals surface area contributed by atoms with Crippen LogP contribution in [0.3, 0.4) is 0 Å². The summed E-state index contributed by atoms with van der Waals surface area (Å²) in [7, 11) is 1.60. The molecule has 0 bridgehead atoms. The molecule has 1 aromatic heterocycles. The molecule has 28 heavy (non-hydrogen) atoms. The van der Waals surface area contributed by atoms with E-state index in [0.29, 0.717) is 19.8 Å². The van der Waals surface area contributed by atoms with Gasteiger partial charge < -0.3 is 20.1 Å². The second-order valence-electron chi connectivity index (χ2n) is 6.46. The summed E-state index contributed by atoms with van der Waals surface area (Å²) in [6.07, 6.45) is 0. The second kappa shape index (κ2) is 10.2. The van der Waals surface area contributed by atoms with Crippen molar-refractivity contribution in [2.45, 2.75) is 12.6 Å². The Kier molecular flexibility index (Phi) is 7.41. The van der Waals surface area contributed by atoms with E-state index in [1.54, 1.807) is 18.4 Å². The number of hydrogen-bond acceptors (Lipinski definition) is 6. The molecule has 8 heteroatoms. The van der Waals surface area contributed by atoms with Gasteiger partial charge in [0.15, 0.2) is 0 Å². The van der Waals surface area contributed by atoms with Gasteiger partial charge in [-0.25, -0.2) is 0 Å². The van der Waals surface area contributed by atoms with E-state index in [-0.39, 0.29) is 12.6 Å². The van der Waals surface area contributed by atoms with Crippen LogP contribution in [0.25, 0.3) is 0 Å². The number of amides is 2. The van der Waals surface area contributed by atoms with Gasteiger partial charge in [0.05, 0.1) is 26.4 Å². The highest BCUT2D eigenvalue weighted by Crippen LogP contribution is 2.23. The number of nitrogens with one attached hydrogen (secondary N) is 2. The zero-order valence-electron chi connectivity index (χ0n) is 15.8. The topological polar surface area (TPSA) is 79.9 Å². The van der Waals surface area contributed by atoms with Crippen molar-refractivity contribution in [2.24, 2.45) is 0 Å². The number of hydrogen-bond donors (Lipinski definition) is 2. The van der Waals surface area contributed by atoms with Crippen LogP contribution in [0.5, 0.6) is 5.75 Å². The van der Waals surface area contributed by atoms with Crippen molar-refractivity contribution in [1.82, 2.24) is 15.5 Å². The molecule has 0 aliphatic carbocycles. The molecule has 1 saturated heterocycles. The zero-order chi connectivity index (χ0) is 19.8. The largest absolute Gasteiger partial charge is 0.497 e. The van der Waals surface area contributed by atoms with Gasteiger partial charge in [-0.1, -0.05) is 12.1 Å². The Hall–Kier alpha value is -2.42. The van der Waals surface area contributed by atoms with Crippen LogP contribution in [0.2, 0.25) is 0 Å². The van der Waals surface area contributed by atoms with Crippen LogP contribution < -0.4 is 15.4 Å². The first-order chi connectivity index (χ1) is 13.7. The lowest BCUT2D eigenvalue weighted by atomic mass is 10.1. The zero-order valence-corrected chi connectivity index (χ0v) is 16.7. The minimum absolute atomic E-state index is 0.0356. The van der Waals surface area contributed by atoms with Gasteiger partial charge in [0.2, 0.25) is 0 Å². The van der Waals surface area contributed by atoms with Crippen molar-refractivity contribution >= 4 is 23.2 Å². The monoisotopic (exact) mass is 403 g/mol. The van der Waals surface area contributed by atoms with Gasteiger partial charge in [-0.15, -0.1) is 0 Å². The summed E-state index contributed by atoms with van der Waals surface area (Å²) >= 11 is 1.62. The smallest absolute Gasteiger partial charge is 0.309 e. The molecular weight excluding hydrogens is 378 g/mol. The summed E-state index contributed by atoms with van der Waals surface area (Å²) in [5.74, 6) is -0.515. The number of nitrogens with zero attached hydrogens (tertiary/aromatic N) is 1. The van der Waals surface area contributed by atoms with E-state index >= 15 is 0 Å². The highest BCUT2D eigenvalue weighted by atomic mass is 32.1. The van der Waals surface area contributed by atoms with Crippen LogP contribution in [0.1, 0.15) is 17.2 Å². The number of carbonyl (C=O) groups excluding carboxylic acids is 2. The van der Waals surface area contributed by atoms with Gasteiger partial charge in [0.25, 0.3) is 0 Å². The lowest BCUT2D eigenvalue weighted by Gasteiger charge is -2.34. The standard InChI is InChI=1S/C20H25N3O4S/c1-26-17-4-2-15(3-5-17)12-21-19(24)20(25)22-13-18(16-6-11-28-14-16)23-7-9-27-10-8-23/h2-6,11,14,18H,7-10,12-13H2,1H3,(H,21,24)(H,22,25)/t18-/m1/s1. The van der Waals surface area contributed by atoms with Crippen LogP contribution in [0.4, 0.5) is 0 Å². The predicted octanol–water partition coefficient (Wildman–Crippen LogP) is 1.56. The molecule has 2 N–H and O–H groups in total. The minimum atomic E-state index is -0.637. The van der Waals surface area contributed by atoms with E-state index in [1.165, 1.54) is 0 Å². The van der Waals surface area contributed by atoms with Crippen molar-refractivity contribution in [2.75, 3.05) is 40.0 Å². The number of benzene rings is 1. The third kappa shape index (κ3) is 5.54. The first kappa shape index (κ1) is 20.3. The van der Waals surface area contributed by atoms with Crippen molar-refractivity contribution in [1.29, 1.82) is 0 Å². The van der Waals surface area contributed by atoms with Crippen LogP contribution in [-0.4, -0.2) is 56.7 Å². The van der Waals surface area contributed by atoms with Gasteiger partial charge in [0, 0.05) is 26.2 Å². The fourth-order valence-electron chi connectivity index (χ4n) is 3.09. The molecule has 0 unspecified atom stereocenters. The Morgan fingerprint density at radius 1 is 1.14 bits per heavy atom. The number of ether oxygens (including phenoxy) is 2. The van der Waals surface area contributed by atoms with E-state index in [9.17, 15) is 9.59 Å². The molecule has 1 aromatic carbocycles. The van der Waals surface area contributed by atoms with Crippen molar-refractivity contribution in [3.63, 3.8) is 0 Å². The molecule has 3 rings (SSSR count). The summed E-state index contributed by atoms with van der Waals surface area (Å²) in [4.78, 5) is 26.7. The van der Waals surface area contributed by atoms with Gasteiger partial charge in [-0.2, -0.15) is 11.3 Å². The van der Waals surface area contributed by atoms with Gasteiger partial charge in [-0.3, -0.25) is 14.5 Å². The van der Waals surface area contributed by atoms with Crippen molar-refractivity contribution < 1.29 is 19.1 Å². The van der Waals surface area contributed by atoms with Crippen LogP contribution in [-0.2, 0) is 20.9 Å². The summed E-state index contributed by atoms with van der Waals surface area (Å²) in [5.41, 5.74) is 2.04. The quantitative estimate of drug-likeness (QED) is 0.686. The number of carbonyl (C=O) groups is 2. The molecule has 2 amide bonds. The molecule has 0 radical (unpaired) electrons. The van der Waals surface area contributed by atoms with E-state index in [1.807, 2.05) is 29.6 Å². The SMILES string of the molecule is COc1ccc(CNC(=O)C(=O)NC[C@H](c2ccsc2)N2CCOCC2)cc1. The summed E-state index contributed by atoms with van der Waals surface area (Å²) in [6.45, 7) is 3.63. The second-order valence-corrected chi connectivity index (χ2v) is 7.24. The van der Waals surface area contributed by atoms with E-state index in [2.05, 4.69) is 27.0 Å². The third-order valence-electron chi connectivity index (χ3n) is 4.69. The molecule has 1 aliphatic rings. The van der Waals surface area contributed by atoms with Crippen molar-refractivity contribution in [3.05, 3.63) is 52.2 Å². The molecule has 2 aromatic rings. The molecule has 0 spiro atoms. The van der Waals surface area contributed by atoms with Gasteiger partial charge in [-0.05, 0) is 40.1 Å². The summed E-state index contributed by atoms with van der Waals surface area (Å²) in [6, 6.07) is 9.42. The van der Waals surface area contributed by atoms with Crippen LogP contribution >= 0.6 is 11.3 Å². The average Bonchev–Trinajstić information content (AvgIpc) is 3.27. The molecular formula is C20H25N3O4S. The van der Waals surface area contributed by atoms with Crippen LogP contribution in [0.15, 0.2) is 41.1 Å². The molecule has 1 atom stereocenters. The molecule has 1 aliphatic heterocycles. The normalized spacial score (nSPS) is 15.6. The Balaban J connectivity index is 1.50. The van der Waals surface area contributed by atoms with E-state index < -0.39 is 11.8 Å². The van der Waals surface area contributed by atoms with E-state index in [4.69, 9.17) is 9.47 Å². The minimum Gasteiger partial charge on any atom is -0.497 e. The third-order valence-corrected chi connectivity index (χ3v) is 5.39.